The van der Waals surface area contributed by atoms with Gasteiger partial charge in [-0.15, -0.1) is 0 Å². The highest BCUT2D eigenvalue weighted by Crippen LogP contribution is 2.30. The van der Waals surface area contributed by atoms with Crippen LogP contribution < -0.4 is 5.73 Å². The lowest BCUT2D eigenvalue weighted by molar-refractivity contribution is -0.133. The van der Waals surface area contributed by atoms with Crippen LogP contribution in [0.15, 0.2) is 41.3 Å². The van der Waals surface area contributed by atoms with Gasteiger partial charge in [-0.2, -0.15) is 0 Å². The largest absolute Gasteiger partial charge is 0.360 e. The Morgan fingerprint density at radius 3 is 3.12 bits per heavy atom. The van der Waals surface area contributed by atoms with E-state index < -0.39 is 6.04 Å². The number of halogens is 1. The molecular formula is C18H18FN5O2. The van der Waals surface area contributed by atoms with Gasteiger partial charge in [0.2, 0.25) is 5.91 Å². The highest BCUT2D eigenvalue weighted by molar-refractivity contribution is 5.82. The van der Waals surface area contributed by atoms with Crippen molar-refractivity contribution in [1.29, 1.82) is 0 Å². The minimum absolute atomic E-state index is 0.142. The van der Waals surface area contributed by atoms with Crippen LogP contribution in [0.5, 0.6) is 0 Å². The summed E-state index contributed by atoms with van der Waals surface area (Å²) in [7, 11) is 0. The first-order chi connectivity index (χ1) is 12.6. The molecule has 1 aromatic carbocycles. The number of nitrogens with one attached hydrogen (secondary N) is 1. The maximum atomic E-state index is 13.5. The van der Waals surface area contributed by atoms with Crippen molar-refractivity contribution in [3.8, 4) is 11.3 Å². The summed E-state index contributed by atoms with van der Waals surface area (Å²) in [6.45, 7) is 0.862. The predicted molar refractivity (Wildman–Crippen MR) is 91.3 cm³/mol. The molecule has 0 aliphatic carbocycles. The van der Waals surface area contributed by atoms with E-state index in [1.807, 2.05) is 0 Å². The second-order valence-corrected chi connectivity index (χ2v) is 6.34. The first-order valence-electron chi connectivity index (χ1n) is 8.37. The molecule has 3 N–H and O–H groups in total. The molecular weight excluding hydrogens is 337 g/mol. The lowest BCUT2D eigenvalue weighted by Gasteiger charge is -2.28. The van der Waals surface area contributed by atoms with Gasteiger partial charge >= 0.3 is 0 Å². The Balaban J connectivity index is 1.54. The molecule has 134 valence electrons. The van der Waals surface area contributed by atoms with E-state index in [0.717, 1.165) is 17.0 Å². The lowest BCUT2D eigenvalue weighted by Crippen LogP contribution is -2.46. The molecule has 1 aliphatic heterocycles. The summed E-state index contributed by atoms with van der Waals surface area (Å²) in [6.07, 6.45) is 4.16. The van der Waals surface area contributed by atoms with Gasteiger partial charge in [0, 0.05) is 42.4 Å². The smallest absolute Gasteiger partial charge is 0.240 e. The standard InChI is InChI=1S/C18H18FN5O2/c19-12-3-1-2-11(6-12)17-14-9-24(5-4-16(14)26-23-17)18(25)15(20)7-13-8-21-10-22-13/h1-3,6,8,10,15H,4-5,7,9,20H2,(H,21,22)/t15-/m0/s1. The van der Waals surface area contributed by atoms with Crippen LogP contribution in [0.4, 0.5) is 4.39 Å². The van der Waals surface area contributed by atoms with Crippen molar-refractivity contribution in [3.05, 3.63) is 59.6 Å². The molecule has 0 radical (unpaired) electrons. The van der Waals surface area contributed by atoms with Crippen LogP contribution in [-0.2, 0) is 24.2 Å². The van der Waals surface area contributed by atoms with Gasteiger partial charge < -0.3 is 20.1 Å². The number of hydrogen-bond acceptors (Lipinski definition) is 5. The fourth-order valence-corrected chi connectivity index (χ4v) is 3.21. The average molecular weight is 355 g/mol. The van der Waals surface area contributed by atoms with Gasteiger partial charge in [0.05, 0.1) is 18.9 Å². The van der Waals surface area contributed by atoms with Crippen LogP contribution in [0.3, 0.4) is 0 Å². The number of fused-ring (bicyclic) bond motifs is 1. The summed E-state index contributed by atoms with van der Waals surface area (Å²) < 4.78 is 18.9. The van der Waals surface area contributed by atoms with Gasteiger partial charge in [-0.25, -0.2) is 9.37 Å². The van der Waals surface area contributed by atoms with E-state index in [9.17, 15) is 9.18 Å². The molecule has 4 rings (SSSR count). The Morgan fingerprint density at radius 2 is 2.35 bits per heavy atom. The van der Waals surface area contributed by atoms with Gasteiger partial charge in [0.25, 0.3) is 0 Å². The number of H-pyrrole nitrogens is 1. The fraction of sp³-hybridized carbons (Fsp3) is 0.278. The number of carbonyl (C=O) groups excluding carboxylic acids is 1. The number of benzene rings is 1. The number of amides is 1. The summed E-state index contributed by atoms with van der Waals surface area (Å²) in [5.74, 6) is 0.247. The third-order valence-corrected chi connectivity index (χ3v) is 4.55. The Hall–Kier alpha value is -3.00. The van der Waals surface area contributed by atoms with E-state index >= 15 is 0 Å². The number of aromatic amines is 1. The van der Waals surface area contributed by atoms with Crippen molar-refractivity contribution in [2.24, 2.45) is 5.73 Å². The number of hydrogen-bond donors (Lipinski definition) is 2. The minimum atomic E-state index is -0.658. The summed E-state index contributed by atoms with van der Waals surface area (Å²) in [5.41, 5.74) is 8.90. The Morgan fingerprint density at radius 1 is 1.46 bits per heavy atom. The van der Waals surface area contributed by atoms with E-state index in [-0.39, 0.29) is 11.7 Å². The SMILES string of the molecule is N[C@@H](Cc1cnc[nH]1)C(=O)N1CCc2onc(-c3cccc(F)c3)c2C1. The van der Waals surface area contributed by atoms with E-state index in [1.165, 1.54) is 12.1 Å². The Labute approximate surface area is 149 Å². The number of imidazole rings is 1. The highest BCUT2D eigenvalue weighted by atomic mass is 19.1. The van der Waals surface area contributed by atoms with Crippen LogP contribution in [0, 0.1) is 5.82 Å². The zero-order valence-corrected chi connectivity index (χ0v) is 14.0. The minimum Gasteiger partial charge on any atom is -0.360 e. The predicted octanol–water partition coefficient (Wildman–Crippen LogP) is 1.66. The summed E-state index contributed by atoms with van der Waals surface area (Å²) >= 11 is 0. The molecule has 0 saturated heterocycles. The molecule has 1 atom stereocenters. The summed E-state index contributed by atoms with van der Waals surface area (Å²) in [6, 6.07) is 5.52. The monoisotopic (exact) mass is 355 g/mol. The Kier molecular flexibility index (Phi) is 4.26. The second kappa shape index (κ2) is 6.72. The maximum Gasteiger partial charge on any atom is 0.240 e. The topological polar surface area (TPSA) is 101 Å². The van der Waals surface area contributed by atoms with Gasteiger partial charge in [0.15, 0.2) is 0 Å². The normalized spacial score (nSPS) is 14.9. The van der Waals surface area contributed by atoms with Crippen molar-refractivity contribution in [1.82, 2.24) is 20.0 Å². The van der Waals surface area contributed by atoms with Crippen molar-refractivity contribution in [2.75, 3.05) is 6.54 Å². The van der Waals surface area contributed by atoms with Crippen molar-refractivity contribution in [3.63, 3.8) is 0 Å². The maximum absolute atomic E-state index is 13.5. The molecule has 7 nitrogen and oxygen atoms in total. The average Bonchev–Trinajstić information content (AvgIpc) is 3.30. The van der Waals surface area contributed by atoms with E-state index in [1.54, 1.807) is 29.6 Å². The van der Waals surface area contributed by atoms with Crippen LogP contribution in [0.1, 0.15) is 17.0 Å². The second-order valence-electron chi connectivity index (χ2n) is 6.34. The molecule has 26 heavy (non-hydrogen) atoms. The van der Waals surface area contributed by atoms with E-state index in [2.05, 4.69) is 15.1 Å². The van der Waals surface area contributed by atoms with Crippen molar-refractivity contribution < 1.29 is 13.7 Å². The number of rotatable bonds is 4. The molecule has 1 aliphatic rings. The van der Waals surface area contributed by atoms with Gasteiger partial charge in [-0.1, -0.05) is 17.3 Å². The first-order valence-corrected chi connectivity index (χ1v) is 8.37. The third kappa shape index (κ3) is 3.11. The van der Waals surface area contributed by atoms with E-state index in [0.29, 0.717) is 37.2 Å². The zero-order valence-electron chi connectivity index (χ0n) is 14.0. The number of aromatic nitrogens is 3. The molecule has 1 amide bonds. The number of nitrogens with zero attached hydrogens (tertiary/aromatic N) is 3. The van der Waals surface area contributed by atoms with Crippen LogP contribution in [0.25, 0.3) is 11.3 Å². The van der Waals surface area contributed by atoms with Crippen LogP contribution >= 0.6 is 0 Å². The molecule has 0 unspecified atom stereocenters. The van der Waals surface area contributed by atoms with Crippen molar-refractivity contribution >= 4 is 5.91 Å². The molecule has 0 fully saturated rings. The quantitative estimate of drug-likeness (QED) is 0.741. The van der Waals surface area contributed by atoms with E-state index in [4.69, 9.17) is 10.3 Å². The Bertz CT molecular complexity index is 922. The third-order valence-electron chi connectivity index (χ3n) is 4.55. The van der Waals surface area contributed by atoms with Crippen LogP contribution in [-0.4, -0.2) is 38.5 Å². The molecule has 0 spiro atoms. The van der Waals surface area contributed by atoms with Gasteiger partial charge in [-0.3, -0.25) is 4.79 Å². The molecule has 3 aromatic rings. The van der Waals surface area contributed by atoms with Crippen molar-refractivity contribution in [2.45, 2.75) is 25.4 Å². The molecule has 0 saturated carbocycles. The number of nitrogens with two attached hydrogens (primary N) is 1. The fourth-order valence-electron chi connectivity index (χ4n) is 3.21. The lowest BCUT2D eigenvalue weighted by atomic mass is 10.0. The van der Waals surface area contributed by atoms with Gasteiger partial charge in [-0.05, 0) is 12.1 Å². The summed E-state index contributed by atoms with van der Waals surface area (Å²) in [4.78, 5) is 21.3. The molecule has 0 bridgehead atoms. The van der Waals surface area contributed by atoms with Crippen LogP contribution in [0.2, 0.25) is 0 Å². The molecule has 2 aromatic heterocycles. The first kappa shape index (κ1) is 16.5. The number of carbonyl (C=O) groups is 1. The zero-order chi connectivity index (χ0) is 18.1. The van der Waals surface area contributed by atoms with Gasteiger partial charge in [0.1, 0.15) is 17.3 Å². The molecule has 8 heteroatoms. The highest BCUT2D eigenvalue weighted by Gasteiger charge is 2.30. The molecule has 3 heterocycles. The summed E-state index contributed by atoms with van der Waals surface area (Å²) in [5, 5.41) is 4.08.